The van der Waals surface area contributed by atoms with Gasteiger partial charge < -0.3 is 14.2 Å². The normalized spacial score (nSPS) is 11.5. The van der Waals surface area contributed by atoms with Crippen LogP contribution < -0.4 is 9.47 Å². The molecule has 2 rings (SSSR count). The van der Waals surface area contributed by atoms with Gasteiger partial charge in [-0.15, -0.1) is 11.3 Å². The molecule has 1 aromatic heterocycles. The quantitative estimate of drug-likeness (QED) is 0.756. The highest BCUT2D eigenvalue weighted by Gasteiger charge is 2.19. The number of methoxy groups -OCH3 is 2. The Bertz CT molecular complexity index is 617. The fraction of sp³-hybridized carbons (Fsp3) is 0.471. The van der Waals surface area contributed by atoms with Crippen LogP contribution in [0.2, 0.25) is 0 Å². The monoisotopic (exact) mass is 320 g/mol. The molecule has 0 spiro atoms. The van der Waals surface area contributed by atoms with Gasteiger partial charge >= 0.3 is 0 Å². The molecule has 0 aliphatic carbocycles. The molecule has 119 valence electrons. The molecule has 0 unspecified atom stereocenters. The summed E-state index contributed by atoms with van der Waals surface area (Å²) in [7, 11) is 3.29. The fourth-order valence-corrected chi connectivity index (χ4v) is 2.78. The van der Waals surface area contributed by atoms with Crippen molar-refractivity contribution in [1.82, 2.24) is 4.98 Å². The summed E-state index contributed by atoms with van der Waals surface area (Å²) < 4.78 is 16.1. The number of ether oxygens (including phenoxy) is 3. The number of thiazole rings is 1. The molecular formula is C17H22NO3S. The van der Waals surface area contributed by atoms with Crippen LogP contribution in [0.3, 0.4) is 0 Å². The highest BCUT2D eigenvalue weighted by molar-refractivity contribution is 7.15. The van der Waals surface area contributed by atoms with E-state index in [4.69, 9.17) is 14.2 Å². The second-order valence-electron chi connectivity index (χ2n) is 5.92. The Morgan fingerprint density at radius 2 is 1.91 bits per heavy atom. The lowest BCUT2D eigenvalue weighted by molar-refractivity contribution is 0.144. The number of nitrogens with zero attached hydrogens (tertiary/aromatic N) is 1. The second-order valence-corrected chi connectivity index (χ2v) is 6.92. The summed E-state index contributed by atoms with van der Waals surface area (Å²) in [6.45, 7) is 7.49. The number of hydrogen-bond donors (Lipinski definition) is 0. The van der Waals surface area contributed by atoms with Gasteiger partial charge in [-0.1, -0.05) is 20.8 Å². The van der Waals surface area contributed by atoms with E-state index in [0.717, 1.165) is 15.4 Å². The fourth-order valence-electron chi connectivity index (χ4n) is 1.85. The molecule has 0 atom stereocenters. The summed E-state index contributed by atoms with van der Waals surface area (Å²) in [5.41, 5.74) is 1.07. The Labute approximate surface area is 136 Å². The summed E-state index contributed by atoms with van der Waals surface area (Å²) in [6.07, 6.45) is 3.10. The smallest absolute Gasteiger partial charge is 0.161 e. The van der Waals surface area contributed by atoms with Crippen molar-refractivity contribution in [2.45, 2.75) is 26.2 Å². The summed E-state index contributed by atoms with van der Waals surface area (Å²) in [5, 5.41) is 1.07. The molecule has 0 saturated heterocycles. The van der Waals surface area contributed by atoms with Crippen molar-refractivity contribution in [2.75, 3.05) is 27.4 Å². The molecule has 4 nitrogen and oxygen atoms in total. The largest absolute Gasteiger partial charge is 0.493 e. The van der Waals surface area contributed by atoms with Crippen molar-refractivity contribution in [3.8, 4) is 21.9 Å². The molecule has 0 saturated carbocycles. The molecule has 0 N–H and O–H groups in total. The van der Waals surface area contributed by atoms with Crippen molar-refractivity contribution in [3.05, 3.63) is 29.4 Å². The van der Waals surface area contributed by atoms with Crippen LogP contribution >= 0.6 is 11.3 Å². The van der Waals surface area contributed by atoms with Crippen LogP contribution in [0.25, 0.3) is 10.4 Å². The number of aromatic nitrogens is 1. The predicted molar refractivity (Wildman–Crippen MR) is 89.0 cm³/mol. The molecule has 5 heteroatoms. The lowest BCUT2D eigenvalue weighted by atomic mass is 9.98. The van der Waals surface area contributed by atoms with Crippen LogP contribution in [0.5, 0.6) is 11.5 Å². The van der Waals surface area contributed by atoms with E-state index in [1.807, 2.05) is 18.2 Å². The third-order valence-corrected chi connectivity index (χ3v) is 4.50. The Balaban J connectivity index is 2.23. The zero-order valence-corrected chi connectivity index (χ0v) is 14.5. The van der Waals surface area contributed by atoms with Crippen molar-refractivity contribution in [1.29, 1.82) is 0 Å². The molecular weight excluding hydrogens is 298 g/mol. The van der Waals surface area contributed by atoms with E-state index >= 15 is 0 Å². The summed E-state index contributed by atoms with van der Waals surface area (Å²) in [5.74, 6) is 1.41. The third kappa shape index (κ3) is 3.99. The predicted octanol–water partition coefficient (Wildman–Crippen LogP) is 3.94. The van der Waals surface area contributed by atoms with Crippen LogP contribution in [-0.2, 0) is 10.2 Å². The van der Waals surface area contributed by atoms with Gasteiger partial charge in [0.25, 0.3) is 0 Å². The Hall–Kier alpha value is -1.59. The average Bonchev–Trinajstić information content (AvgIpc) is 2.97. The molecule has 1 aromatic carbocycles. The van der Waals surface area contributed by atoms with Gasteiger partial charge in [-0.2, -0.15) is 0 Å². The van der Waals surface area contributed by atoms with Crippen molar-refractivity contribution < 1.29 is 14.2 Å². The maximum atomic E-state index is 5.65. The molecule has 0 aliphatic heterocycles. The first kappa shape index (κ1) is 16.8. The summed E-state index contributed by atoms with van der Waals surface area (Å²) in [4.78, 5) is 5.41. The Morgan fingerprint density at radius 1 is 1.14 bits per heavy atom. The van der Waals surface area contributed by atoms with E-state index in [9.17, 15) is 0 Å². The molecule has 0 aliphatic rings. The number of benzene rings is 1. The zero-order valence-electron chi connectivity index (χ0n) is 13.7. The number of hydrogen-bond acceptors (Lipinski definition) is 5. The Morgan fingerprint density at radius 3 is 2.50 bits per heavy atom. The van der Waals surface area contributed by atoms with Crippen LogP contribution in [-0.4, -0.2) is 32.4 Å². The van der Waals surface area contributed by atoms with E-state index in [1.54, 1.807) is 25.6 Å². The maximum absolute atomic E-state index is 5.65. The van der Waals surface area contributed by atoms with Gasteiger partial charge in [0, 0.05) is 12.5 Å². The molecule has 2 aromatic rings. The van der Waals surface area contributed by atoms with Gasteiger partial charge in [0.2, 0.25) is 0 Å². The van der Waals surface area contributed by atoms with E-state index in [1.165, 1.54) is 0 Å². The van der Waals surface area contributed by atoms with Crippen LogP contribution in [0.15, 0.2) is 18.2 Å². The molecule has 22 heavy (non-hydrogen) atoms. The van der Waals surface area contributed by atoms with E-state index in [-0.39, 0.29) is 5.41 Å². The van der Waals surface area contributed by atoms with Crippen molar-refractivity contribution in [3.63, 3.8) is 0 Å². The first-order valence-corrected chi connectivity index (χ1v) is 7.96. The maximum Gasteiger partial charge on any atom is 0.161 e. The highest BCUT2D eigenvalue weighted by Crippen LogP contribution is 2.36. The molecule has 1 radical (unpaired) electrons. The standard InChI is InChI=1S/C17H22NO3S/c1-17(2,3)16-18-11-15(22-16)12-6-7-13(14(10-12)20-5)21-9-8-19-4/h6-7,10H,8-9H2,1-5H3. The lowest BCUT2D eigenvalue weighted by Crippen LogP contribution is -2.09. The van der Waals surface area contributed by atoms with Crippen LogP contribution in [0.1, 0.15) is 25.8 Å². The van der Waals surface area contributed by atoms with E-state index in [0.29, 0.717) is 24.7 Å². The van der Waals surface area contributed by atoms with Gasteiger partial charge in [-0.3, -0.25) is 0 Å². The molecule has 0 amide bonds. The highest BCUT2D eigenvalue weighted by atomic mass is 32.1. The first-order valence-electron chi connectivity index (χ1n) is 7.15. The minimum atomic E-state index is 0.0344. The summed E-state index contributed by atoms with van der Waals surface area (Å²) >= 11 is 1.66. The summed E-state index contributed by atoms with van der Waals surface area (Å²) in [6, 6.07) is 5.87. The minimum Gasteiger partial charge on any atom is -0.493 e. The van der Waals surface area contributed by atoms with Gasteiger partial charge in [0.15, 0.2) is 11.5 Å². The van der Waals surface area contributed by atoms with E-state index in [2.05, 4.69) is 32.0 Å². The molecule has 1 heterocycles. The van der Waals surface area contributed by atoms with Gasteiger partial charge in [0.1, 0.15) is 12.8 Å². The SMILES string of the molecule is COCCOc1ccc(-c2[c]nc(C(C)(C)C)s2)cc1OC. The minimum absolute atomic E-state index is 0.0344. The van der Waals surface area contributed by atoms with Gasteiger partial charge in [-0.05, 0) is 23.8 Å². The van der Waals surface area contributed by atoms with Crippen molar-refractivity contribution in [2.24, 2.45) is 0 Å². The van der Waals surface area contributed by atoms with Crippen molar-refractivity contribution >= 4 is 11.3 Å². The van der Waals surface area contributed by atoms with Crippen LogP contribution in [0, 0.1) is 6.20 Å². The molecule has 0 fully saturated rings. The lowest BCUT2D eigenvalue weighted by Gasteiger charge is -2.13. The first-order chi connectivity index (χ1) is 10.5. The average molecular weight is 320 g/mol. The molecule has 0 bridgehead atoms. The van der Waals surface area contributed by atoms with Crippen LogP contribution in [0.4, 0.5) is 0 Å². The second kappa shape index (κ2) is 7.11. The Kier molecular flexibility index (Phi) is 5.42. The van der Waals surface area contributed by atoms with E-state index < -0.39 is 0 Å². The number of rotatable bonds is 6. The topological polar surface area (TPSA) is 40.6 Å². The zero-order chi connectivity index (χ0) is 16.2. The van der Waals surface area contributed by atoms with Gasteiger partial charge in [0.05, 0.1) is 23.6 Å². The third-order valence-electron chi connectivity index (χ3n) is 3.07. The van der Waals surface area contributed by atoms with Gasteiger partial charge in [-0.25, -0.2) is 4.98 Å².